The van der Waals surface area contributed by atoms with Gasteiger partial charge in [-0.3, -0.25) is 4.79 Å². The minimum atomic E-state index is 0.325. The lowest BCUT2D eigenvalue weighted by Crippen LogP contribution is -2.50. The summed E-state index contributed by atoms with van der Waals surface area (Å²) in [5.41, 5.74) is 0.914. The number of hydrogen-bond donors (Lipinski definition) is 0. The molecule has 0 aromatic heterocycles. The lowest BCUT2D eigenvalue weighted by Gasteiger charge is -2.55. The zero-order valence-corrected chi connectivity index (χ0v) is 8.60. The molecule has 0 heterocycles. The Morgan fingerprint density at radius 1 is 1.31 bits per heavy atom. The van der Waals surface area contributed by atoms with Gasteiger partial charge in [-0.15, -0.1) is 0 Å². The van der Waals surface area contributed by atoms with E-state index < -0.39 is 0 Å². The van der Waals surface area contributed by atoms with E-state index in [1.54, 1.807) is 0 Å². The number of ketones is 1. The average Bonchev–Trinajstić information content (AvgIpc) is 2.36. The Morgan fingerprint density at radius 3 is 2.38 bits per heavy atom. The van der Waals surface area contributed by atoms with E-state index in [9.17, 15) is 4.79 Å². The average molecular weight is 178 g/mol. The quantitative estimate of drug-likeness (QED) is 0.557. The van der Waals surface area contributed by atoms with Crippen molar-refractivity contribution in [2.24, 2.45) is 22.7 Å². The zero-order chi connectivity index (χ0) is 9.27. The molecule has 1 spiro atoms. The first-order chi connectivity index (χ1) is 6.08. The first-order valence-electron chi connectivity index (χ1n) is 5.61. The molecular formula is C12H18O. The molecule has 13 heavy (non-hydrogen) atoms. The van der Waals surface area contributed by atoms with Crippen molar-refractivity contribution in [1.29, 1.82) is 0 Å². The van der Waals surface area contributed by atoms with Crippen molar-refractivity contribution in [3.05, 3.63) is 0 Å². The Labute approximate surface area is 79.9 Å². The van der Waals surface area contributed by atoms with Crippen molar-refractivity contribution < 1.29 is 4.79 Å². The van der Waals surface area contributed by atoms with Crippen molar-refractivity contribution >= 4 is 5.78 Å². The summed E-state index contributed by atoms with van der Waals surface area (Å²) in [6.07, 6.45) is 6.32. The van der Waals surface area contributed by atoms with E-state index in [1.807, 2.05) is 0 Å². The van der Waals surface area contributed by atoms with Gasteiger partial charge in [-0.25, -0.2) is 0 Å². The lowest BCUT2D eigenvalue weighted by molar-refractivity contribution is -0.137. The topological polar surface area (TPSA) is 17.1 Å². The predicted octanol–water partition coefficient (Wildman–Crippen LogP) is 2.79. The van der Waals surface area contributed by atoms with Gasteiger partial charge in [-0.2, -0.15) is 0 Å². The minimum absolute atomic E-state index is 0.325. The highest BCUT2D eigenvalue weighted by Crippen LogP contribution is 2.72. The molecule has 2 bridgehead atoms. The number of hydrogen-bond acceptors (Lipinski definition) is 1. The molecule has 3 fully saturated rings. The van der Waals surface area contributed by atoms with Crippen LogP contribution in [-0.4, -0.2) is 5.78 Å². The molecule has 2 unspecified atom stereocenters. The summed E-state index contributed by atoms with van der Waals surface area (Å²) >= 11 is 0. The molecule has 3 aliphatic rings. The first-order valence-corrected chi connectivity index (χ1v) is 5.61. The van der Waals surface area contributed by atoms with E-state index in [4.69, 9.17) is 0 Å². The molecule has 0 aromatic rings. The third kappa shape index (κ3) is 0.660. The Morgan fingerprint density at radius 2 is 2.00 bits per heavy atom. The summed E-state index contributed by atoms with van der Waals surface area (Å²) in [5, 5.41) is 0. The fourth-order valence-electron chi connectivity index (χ4n) is 4.49. The third-order valence-corrected chi connectivity index (χ3v) is 5.54. The molecule has 0 saturated heterocycles. The van der Waals surface area contributed by atoms with Crippen LogP contribution in [0.25, 0.3) is 0 Å². The van der Waals surface area contributed by atoms with Gasteiger partial charge < -0.3 is 0 Å². The zero-order valence-electron chi connectivity index (χ0n) is 8.60. The summed E-state index contributed by atoms with van der Waals surface area (Å²) in [7, 11) is 0. The van der Waals surface area contributed by atoms with Crippen molar-refractivity contribution in [2.45, 2.75) is 46.0 Å². The number of carbonyl (C=O) groups is 1. The molecule has 3 aliphatic carbocycles. The maximum absolute atomic E-state index is 11.7. The van der Waals surface area contributed by atoms with Crippen LogP contribution >= 0.6 is 0 Å². The van der Waals surface area contributed by atoms with E-state index >= 15 is 0 Å². The van der Waals surface area contributed by atoms with Gasteiger partial charge in [0, 0.05) is 12.3 Å². The van der Waals surface area contributed by atoms with Crippen LogP contribution in [0.3, 0.4) is 0 Å². The van der Waals surface area contributed by atoms with Gasteiger partial charge in [0.2, 0.25) is 0 Å². The van der Waals surface area contributed by atoms with E-state index in [2.05, 4.69) is 13.8 Å². The molecule has 2 atom stereocenters. The standard InChI is InChI=1S/C12H18O/c1-11(2)9-6-8(7-10(9)13)12(11)4-3-5-12/h8-9H,3-7H2,1-2H3. The number of rotatable bonds is 0. The van der Waals surface area contributed by atoms with E-state index in [1.165, 1.54) is 25.7 Å². The van der Waals surface area contributed by atoms with Crippen LogP contribution in [0.1, 0.15) is 46.0 Å². The van der Waals surface area contributed by atoms with E-state index in [-0.39, 0.29) is 0 Å². The smallest absolute Gasteiger partial charge is 0.136 e. The monoisotopic (exact) mass is 178 g/mol. The largest absolute Gasteiger partial charge is 0.299 e. The summed E-state index contributed by atoms with van der Waals surface area (Å²) in [4.78, 5) is 11.7. The lowest BCUT2D eigenvalue weighted by atomic mass is 9.49. The molecule has 3 saturated carbocycles. The van der Waals surface area contributed by atoms with Gasteiger partial charge in [0.1, 0.15) is 5.78 Å². The molecule has 0 radical (unpaired) electrons. The maximum atomic E-state index is 11.7. The second-order valence-corrected chi connectivity index (χ2v) is 5.89. The summed E-state index contributed by atoms with van der Waals surface area (Å²) in [5.74, 6) is 1.74. The van der Waals surface area contributed by atoms with Gasteiger partial charge in [0.15, 0.2) is 0 Å². The van der Waals surface area contributed by atoms with Crippen molar-refractivity contribution in [3.8, 4) is 0 Å². The summed E-state index contributed by atoms with van der Waals surface area (Å²) in [6.45, 7) is 4.68. The molecule has 0 amide bonds. The van der Waals surface area contributed by atoms with Crippen molar-refractivity contribution in [1.82, 2.24) is 0 Å². The van der Waals surface area contributed by atoms with Crippen LogP contribution < -0.4 is 0 Å². The Bertz CT molecular complexity index is 273. The van der Waals surface area contributed by atoms with Gasteiger partial charge in [-0.05, 0) is 36.0 Å². The normalized spacial score (nSPS) is 44.0. The van der Waals surface area contributed by atoms with Crippen LogP contribution in [0.5, 0.6) is 0 Å². The second-order valence-electron chi connectivity index (χ2n) is 5.89. The number of Topliss-reactive ketones (excluding diaryl/α,β-unsaturated/α-hetero) is 1. The highest BCUT2D eigenvalue weighted by Gasteiger charge is 2.67. The predicted molar refractivity (Wildman–Crippen MR) is 51.3 cm³/mol. The Hall–Kier alpha value is -0.330. The second kappa shape index (κ2) is 2.02. The molecule has 1 heteroatoms. The van der Waals surface area contributed by atoms with Gasteiger partial charge >= 0.3 is 0 Å². The highest BCUT2D eigenvalue weighted by atomic mass is 16.1. The molecule has 1 nitrogen and oxygen atoms in total. The van der Waals surface area contributed by atoms with Crippen molar-refractivity contribution in [2.75, 3.05) is 0 Å². The van der Waals surface area contributed by atoms with Gasteiger partial charge in [0.05, 0.1) is 0 Å². The van der Waals surface area contributed by atoms with E-state index in [0.717, 1.165) is 12.3 Å². The van der Waals surface area contributed by atoms with Gasteiger partial charge in [0.25, 0.3) is 0 Å². The highest BCUT2D eigenvalue weighted by molar-refractivity contribution is 5.86. The molecule has 72 valence electrons. The van der Waals surface area contributed by atoms with Gasteiger partial charge in [-0.1, -0.05) is 20.3 Å². The molecule has 0 aliphatic heterocycles. The maximum Gasteiger partial charge on any atom is 0.136 e. The molecule has 0 N–H and O–H groups in total. The summed E-state index contributed by atoms with van der Waals surface area (Å²) in [6, 6.07) is 0. The number of fused-ring (bicyclic) bond motifs is 3. The van der Waals surface area contributed by atoms with Crippen LogP contribution in [-0.2, 0) is 4.79 Å². The summed E-state index contributed by atoms with van der Waals surface area (Å²) < 4.78 is 0. The first kappa shape index (κ1) is 8.02. The Balaban J connectivity index is 2.05. The minimum Gasteiger partial charge on any atom is -0.299 e. The molecule has 0 aromatic carbocycles. The van der Waals surface area contributed by atoms with Crippen LogP contribution in [0.15, 0.2) is 0 Å². The number of carbonyl (C=O) groups excluding carboxylic acids is 1. The van der Waals surface area contributed by atoms with Crippen LogP contribution in [0.2, 0.25) is 0 Å². The Kier molecular flexibility index (Phi) is 1.24. The SMILES string of the molecule is CC1(C)C2CC(CC2=O)C12CCC2. The third-order valence-electron chi connectivity index (χ3n) is 5.54. The van der Waals surface area contributed by atoms with E-state index in [0.29, 0.717) is 22.5 Å². The molecule has 3 rings (SSSR count). The van der Waals surface area contributed by atoms with Crippen molar-refractivity contribution in [3.63, 3.8) is 0 Å². The molecular weight excluding hydrogens is 160 g/mol. The fourth-order valence-corrected chi connectivity index (χ4v) is 4.49. The fraction of sp³-hybridized carbons (Fsp3) is 0.917. The van der Waals surface area contributed by atoms with Crippen LogP contribution in [0.4, 0.5) is 0 Å². The van der Waals surface area contributed by atoms with Crippen LogP contribution in [0, 0.1) is 22.7 Å².